The number of ether oxygens (including phenoxy) is 1. The van der Waals surface area contributed by atoms with E-state index in [4.69, 9.17) is 4.74 Å². The zero-order valence-corrected chi connectivity index (χ0v) is 8.47. The summed E-state index contributed by atoms with van der Waals surface area (Å²) in [6.45, 7) is 3.91. The second-order valence-electron chi connectivity index (χ2n) is 3.19. The van der Waals surface area contributed by atoms with Crippen LogP contribution in [0.15, 0.2) is 30.3 Å². The highest BCUT2D eigenvalue weighted by Crippen LogP contribution is 2.23. The second kappa shape index (κ2) is 4.55. The van der Waals surface area contributed by atoms with Crippen LogP contribution in [0.5, 0.6) is 0 Å². The lowest BCUT2D eigenvalue weighted by Crippen LogP contribution is -2.39. The van der Waals surface area contributed by atoms with E-state index in [0.29, 0.717) is 12.2 Å². The Balaban J connectivity index is 2.84. The van der Waals surface area contributed by atoms with Crippen LogP contribution >= 0.6 is 0 Å². The van der Waals surface area contributed by atoms with E-state index >= 15 is 0 Å². The monoisotopic (exact) mass is 196 g/mol. The van der Waals surface area contributed by atoms with Crippen molar-refractivity contribution in [3.63, 3.8) is 0 Å². The minimum atomic E-state index is -1.92. The van der Waals surface area contributed by atoms with Gasteiger partial charge in [-0.25, -0.2) is 0 Å². The molecule has 0 radical (unpaired) electrons. The molecule has 0 aliphatic heterocycles. The molecule has 1 aromatic carbocycles. The normalized spacial score (nSPS) is 14.0. The van der Waals surface area contributed by atoms with Crippen molar-refractivity contribution in [2.75, 3.05) is 6.61 Å². The highest BCUT2D eigenvalue weighted by molar-refractivity contribution is 5.20. The molecule has 0 heterocycles. The van der Waals surface area contributed by atoms with Gasteiger partial charge in [-0.15, -0.1) is 0 Å². The molecular formula is C11H16O3. The van der Waals surface area contributed by atoms with Gasteiger partial charge in [-0.05, 0) is 13.8 Å². The SMILES string of the molecule is CCOC(C)C(O)(O)c1ccccc1. The summed E-state index contributed by atoms with van der Waals surface area (Å²) in [7, 11) is 0. The molecule has 1 atom stereocenters. The molecule has 0 aromatic heterocycles. The fourth-order valence-electron chi connectivity index (χ4n) is 1.28. The number of aliphatic hydroxyl groups is 2. The summed E-state index contributed by atoms with van der Waals surface area (Å²) in [5, 5.41) is 19.6. The Bertz CT molecular complexity index is 269. The molecule has 0 saturated heterocycles. The van der Waals surface area contributed by atoms with Gasteiger partial charge in [0.2, 0.25) is 5.79 Å². The van der Waals surface area contributed by atoms with Crippen LogP contribution in [0.4, 0.5) is 0 Å². The molecule has 2 N–H and O–H groups in total. The van der Waals surface area contributed by atoms with E-state index in [1.165, 1.54) is 0 Å². The molecule has 0 spiro atoms. The number of benzene rings is 1. The average molecular weight is 196 g/mol. The third-order valence-corrected chi connectivity index (χ3v) is 2.18. The fourth-order valence-corrected chi connectivity index (χ4v) is 1.28. The first-order chi connectivity index (χ1) is 6.59. The Morgan fingerprint density at radius 1 is 1.29 bits per heavy atom. The molecule has 14 heavy (non-hydrogen) atoms. The summed E-state index contributed by atoms with van der Waals surface area (Å²) in [6, 6.07) is 8.67. The first kappa shape index (κ1) is 11.2. The molecule has 0 amide bonds. The highest BCUT2D eigenvalue weighted by atomic mass is 16.6. The van der Waals surface area contributed by atoms with Gasteiger partial charge in [0, 0.05) is 12.2 Å². The largest absolute Gasteiger partial charge is 0.373 e. The molecule has 3 nitrogen and oxygen atoms in total. The van der Waals surface area contributed by atoms with Crippen LogP contribution in [0.25, 0.3) is 0 Å². The molecule has 0 bridgehead atoms. The highest BCUT2D eigenvalue weighted by Gasteiger charge is 2.33. The minimum absolute atomic E-state index is 0.445. The van der Waals surface area contributed by atoms with Gasteiger partial charge in [0.05, 0.1) is 0 Å². The minimum Gasteiger partial charge on any atom is -0.373 e. The predicted molar refractivity (Wildman–Crippen MR) is 53.6 cm³/mol. The van der Waals surface area contributed by atoms with E-state index in [2.05, 4.69) is 0 Å². The molecule has 1 rings (SSSR count). The maximum Gasteiger partial charge on any atom is 0.216 e. The third kappa shape index (κ3) is 2.32. The second-order valence-corrected chi connectivity index (χ2v) is 3.19. The Morgan fingerprint density at radius 2 is 1.86 bits per heavy atom. The maximum atomic E-state index is 9.82. The van der Waals surface area contributed by atoms with Crippen molar-refractivity contribution >= 4 is 0 Å². The summed E-state index contributed by atoms with van der Waals surface area (Å²) in [6.07, 6.45) is -0.644. The fraction of sp³-hybridized carbons (Fsp3) is 0.455. The molecule has 78 valence electrons. The van der Waals surface area contributed by atoms with Crippen LogP contribution in [-0.4, -0.2) is 22.9 Å². The lowest BCUT2D eigenvalue weighted by Gasteiger charge is -2.28. The number of hydrogen-bond donors (Lipinski definition) is 2. The topological polar surface area (TPSA) is 49.7 Å². The quantitative estimate of drug-likeness (QED) is 0.712. The van der Waals surface area contributed by atoms with Crippen molar-refractivity contribution in [3.05, 3.63) is 35.9 Å². The Morgan fingerprint density at radius 3 is 2.36 bits per heavy atom. The smallest absolute Gasteiger partial charge is 0.216 e. The van der Waals surface area contributed by atoms with Gasteiger partial charge < -0.3 is 14.9 Å². The molecule has 0 aliphatic carbocycles. The van der Waals surface area contributed by atoms with Crippen molar-refractivity contribution in [3.8, 4) is 0 Å². The number of rotatable bonds is 4. The summed E-state index contributed by atoms with van der Waals surface area (Å²) < 4.78 is 5.16. The van der Waals surface area contributed by atoms with Gasteiger partial charge in [-0.1, -0.05) is 30.3 Å². The van der Waals surface area contributed by atoms with Crippen molar-refractivity contribution in [2.24, 2.45) is 0 Å². The lowest BCUT2D eigenvalue weighted by molar-refractivity contribution is -0.241. The Labute approximate surface area is 84.0 Å². The molecule has 1 aromatic rings. The molecule has 0 fully saturated rings. The van der Waals surface area contributed by atoms with Crippen molar-refractivity contribution in [1.29, 1.82) is 0 Å². The van der Waals surface area contributed by atoms with Crippen LogP contribution in [0, 0.1) is 0 Å². The third-order valence-electron chi connectivity index (χ3n) is 2.18. The van der Waals surface area contributed by atoms with Crippen LogP contribution in [0.1, 0.15) is 19.4 Å². The lowest BCUT2D eigenvalue weighted by atomic mass is 10.0. The van der Waals surface area contributed by atoms with E-state index < -0.39 is 11.9 Å². The van der Waals surface area contributed by atoms with Crippen LogP contribution < -0.4 is 0 Å². The molecule has 1 unspecified atom stereocenters. The van der Waals surface area contributed by atoms with Gasteiger partial charge in [0.15, 0.2) is 0 Å². The van der Waals surface area contributed by atoms with Gasteiger partial charge in [-0.3, -0.25) is 0 Å². The van der Waals surface area contributed by atoms with E-state index in [9.17, 15) is 10.2 Å². The van der Waals surface area contributed by atoms with Gasteiger partial charge >= 0.3 is 0 Å². The van der Waals surface area contributed by atoms with E-state index in [0.717, 1.165) is 0 Å². The summed E-state index contributed by atoms with van der Waals surface area (Å²) in [4.78, 5) is 0. The average Bonchev–Trinajstić information content (AvgIpc) is 2.19. The Kier molecular flexibility index (Phi) is 3.63. The summed E-state index contributed by atoms with van der Waals surface area (Å²) in [5.74, 6) is -1.92. The van der Waals surface area contributed by atoms with Crippen molar-refractivity contribution in [1.82, 2.24) is 0 Å². The maximum absolute atomic E-state index is 9.82. The summed E-state index contributed by atoms with van der Waals surface area (Å²) in [5.41, 5.74) is 0.445. The van der Waals surface area contributed by atoms with E-state index in [1.807, 2.05) is 13.0 Å². The van der Waals surface area contributed by atoms with Gasteiger partial charge in [-0.2, -0.15) is 0 Å². The van der Waals surface area contributed by atoms with Crippen LogP contribution in [-0.2, 0) is 10.5 Å². The zero-order valence-electron chi connectivity index (χ0n) is 8.47. The standard InChI is InChI=1S/C11H16O3/c1-3-14-9(2)11(12,13)10-7-5-4-6-8-10/h4-9,12-13H,3H2,1-2H3. The van der Waals surface area contributed by atoms with Gasteiger partial charge in [0.1, 0.15) is 6.10 Å². The van der Waals surface area contributed by atoms with Crippen molar-refractivity contribution < 1.29 is 14.9 Å². The first-order valence-corrected chi connectivity index (χ1v) is 4.71. The Hall–Kier alpha value is -0.900. The molecule has 0 aliphatic rings. The van der Waals surface area contributed by atoms with Gasteiger partial charge in [0.25, 0.3) is 0 Å². The predicted octanol–water partition coefficient (Wildman–Crippen LogP) is 1.25. The summed E-state index contributed by atoms with van der Waals surface area (Å²) >= 11 is 0. The zero-order chi connectivity index (χ0) is 10.6. The van der Waals surface area contributed by atoms with E-state index in [1.54, 1.807) is 31.2 Å². The van der Waals surface area contributed by atoms with Crippen LogP contribution in [0.3, 0.4) is 0 Å². The molecule has 0 saturated carbocycles. The first-order valence-electron chi connectivity index (χ1n) is 4.71. The molecular weight excluding hydrogens is 180 g/mol. The van der Waals surface area contributed by atoms with E-state index in [-0.39, 0.29) is 0 Å². The van der Waals surface area contributed by atoms with Crippen molar-refractivity contribution in [2.45, 2.75) is 25.7 Å². The molecule has 3 heteroatoms. The number of hydrogen-bond acceptors (Lipinski definition) is 3. The van der Waals surface area contributed by atoms with Crippen LogP contribution in [0.2, 0.25) is 0 Å².